The van der Waals surface area contributed by atoms with Gasteiger partial charge in [-0.2, -0.15) is 0 Å². The van der Waals surface area contributed by atoms with Gasteiger partial charge < -0.3 is 10.0 Å². The van der Waals surface area contributed by atoms with E-state index in [1.165, 1.54) is 46.8 Å². The molecule has 1 N–H and O–H groups in total. The van der Waals surface area contributed by atoms with E-state index >= 15 is 0 Å². The number of benzene rings is 7. The summed E-state index contributed by atoms with van der Waals surface area (Å²) >= 11 is 3.62. The number of fused-ring (bicyclic) bond motifs is 7. The maximum Gasteiger partial charge on any atom is 0.118 e. The third-order valence-corrected chi connectivity index (χ3v) is 10.9. The molecule has 0 fully saturated rings. The van der Waals surface area contributed by atoms with E-state index in [2.05, 4.69) is 132 Å². The third-order valence-electron chi connectivity index (χ3n) is 8.49. The van der Waals surface area contributed by atoms with Crippen molar-refractivity contribution in [2.75, 3.05) is 4.90 Å². The summed E-state index contributed by atoms with van der Waals surface area (Å²) in [5, 5.41) is 18.4. The van der Waals surface area contributed by atoms with Gasteiger partial charge in [0.2, 0.25) is 0 Å². The lowest BCUT2D eigenvalue weighted by molar-refractivity contribution is 0.476. The van der Waals surface area contributed by atoms with Crippen molar-refractivity contribution >= 4 is 90.9 Å². The first-order valence-corrected chi connectivity index (χ1v) is 16.3. The monoisotopic (exact) mass is 599 g/mol. The molecular weight excluding hydrogens is 575 g/mol. The van der Waals surface area contributed by atoms with Gasteiger partial charge in [-0.05, 0) is 82.6 Å². The van der Waals surface area contributed by atoms with E-state index in [0.29, 0.717) is 0 Å². The first-order chi connectivity index (χ1) is 21.7. The van der Waals surface area contributed by atoms with Crippen molar-refractivity contribution in [3.8, 4) is 16.9 Å². The van der Waals surface area contributed by atoms with Gasteiger partial charge in [-0.3, -0.25) is 0 Å². The number of phenols is 1. The topological polar surface area (TPSA) is 23.5 Å². The summed E-state index contributed by atoms with van der Waals surface area (Å²) < 4.78 is 4.97. The average Bonchev–Trinajstić information content (AvgIpc) is 3.63. The zero-order valence-electron chi connectivity index (χ0n) is 23.6. The minimum absolute atomic E-state index is 0.255. The van der Waals surface area contributed by atoms with Gasteiger partial charge in [0.15, 0.2) is 0 Å². The van der Waals surface area contributed by atoms with Crippen LogP contribution in [0.1, 0.15) is 0 Å². The maximum absolute atomic E-state index is 11.2. The van der Waals surface area contributed by atoms with Gasteiger partial charge in [0.05, 0.1) is 10.4 Å². The third kappa shape index (κ3) is 4.07. The Morgan fingerprint density at radius 3 is 1.91 bits per heavy atom. The quantitative estimate of drug-likeness (QED) is 0.217. The second-order valence-corrected chi connectivity index (χ2v) is 13.3. The summed E-state index contributed by atoms with van der Waals surface area (Å²) in [6.45, 7) is 0. The summed E-state index contributed by atoms with van der Waals surface area (Å²) in [5.74, 6) is 0.255. The van der Waals surface area contributed by atoms with Gasteiger partial charge in [0, 0.05) is 53.1 Å². The van der Waals surface area contributed by atoms with Crippen LogP contribution < -0.4 is 4.90 Å². The van der Waals surface area contributed by atoms with Gasteiger partial charge in [-0.1, -0.05) is 78.9 Å². The Labute approximate surface area is 262 Å². The van der Waals surface area contributed by atoms with Gasteiger partial charge >= 0.3 is 0 Å². The molecule has 0 aliphatic rings. The van der Waals surface area contributed by atoms with Crippen LogP contribution in [0.4, 0.5) is 17.1 Å². The molecule has 0 bridgehead atoms. The lowest BCUT2D eigenvalue weighted by Gasteiger charge is -2.26. The Hall–Kier alpha value is -5.16. The fourth-order valence-electron chi connectivity index (χ4n) is 6.42. The fourth-order valence-corrected chi connectivity index (χ4v) is 8.67. The molecule has 9 aromatic rings. The summed E-state index contributed by atoms with van der Waals surface area (Å²) in [7, 11) is 0. The zero-order valence-corrected chi connectivity index (χ0v) is 25.2. The summed E-state index contributed by atoms with van der Waals surface area (Å²) in [6, 6.07) is 51.4. The second kappa shape index (κ2) is 9.95. The highest BCUT2D eigenvalue weighted by atomic mass is 32.1. The van der Waals surface area contributed by atoms with Crippen molar-refractivity contribution < 1.29 is 5.11 Å². The van der Waals surface area contributed by atoms with Crippen LogP contribution in [0.25, 0.3) is 62.2 Å². The van der Waals surface area contributed by atoms with Crippen LogP contribution >= 0.6 is 22.7 Å². The number of thiophene rings is 2. The molecule has 208 valence electrons. The molecular formula is C40H25NOS2. The van der Waals surface area contributed by atoms with Crippen LogP contribution in [-0.4, -0.2) is 5.11 Å². The SMILES string of the molecule is Oc1cc(N(c2ccccc2)c2ccc3ccccc3c2)c2sc3ccc(-c4ccc5sc6ccccc6c5c4)cc3c2c1. The highest BCUT2D eigenvalue weighted by molar-refractivity contribution is 7.26. The predicted octanol–water partition coefficient (Wildman–Crippen LogP) is 12.4. The maximum atomic E-state index is 11.2. The zero-order chi connectivity index (χ0) is 29.2. The molecule has 7 aromatic carbocycles. The van der Waals surface area contributed by atoms with E-state index in [4.69, 9.17) is 0 Å². The minimum Gasteiger partial charge on any atom is -0.508 e. The van der Waals surface area contributed by atoms with Crippen LogP contribution in [0, 0.1) is 0 Å². The summed E-state index contributed by atoms with van der Waals surface area (Å²) in [6.07, 6.45) is 0. The molecule has 2 aromatic heterocycles. The van der Waals surface area contributed by atoms with Crippen LogP contribution in [0.15, 0.2) is 146 Å². The fraction of sp³-hybridized carbons (Fsp3) is 0. The molecule has 0 amide bonds. The van der Waals surface area contributed by atoms with Gasteiger partial charge in [-0.15, -0.1) is 22.7 Å². The molecule has 0 unspecified atom stereocenters. The van der Waals surface area contributed by atoms with E-state index in [1.54, 1.807) is 11.3 Å². The molecule has 44 heavy (non-hydrogen) atoms. The van der Waals surface area contributed by atoms with E-state index in [-0.39, 0.29) is 5.75 Å². The number of aromatic hydroxyl groups is 1. The normalized spacial score (nSPS) is 11.7. The Balaban J connectivity index is 1.25. The van der Waals surface area contributed by atoms with Gasteiger partial charge in [0.25, 0.3) is 0 Å². The first-order valence-electron chi connectivity index (χ1n) is 14.6. The summed E-state index contributed by atoms with van der Waals surface area (Å²) in [5.41, 5.74) is 5.44. The molecule has 0 radical (unpaired) electrons. The number of hydrogen-bond donors (Lipinski definition) is 1. The molecule has 0 aliphatic carbocycles. The molecule has 0 spiro atoms. The van der Waals surface area contributed by atoms with E-state index in [9.17, 15) is 5.11 Å². The standard InChI is InChI=1S/C40H25NOS2/c42-31-23-35-34-22-28(27-15-18-38-33(21-27)32-12-6-7-13-37(32)43-38)16-19-39(34)44-40(35)36(24-31)41(29-10-2-1-3-11-29)30-17-14-25-8-4-5-9-26(25)20-30/h1-24,42H. The number of rotatable bonds is 4. The number of nitrogens with zero attached hydrogens (tertiary/aromatic N) is 1. The molecule has 0 atom stereocenters. The van der Waals surface area contributed by atoms with Crippen LogP contribution in [0.3, 0.4) is 0 Å². The van der Waals surface area contributed by atoms with Crippen molar-refractivity contribution in [3.05, 3.63) is 146 Å². The molecule has 9 rings (SSSR count). The second-order valence-electron chi connectivity index (χ2n) is 11.2. The number of anilines is 3. The van der Waals surface area contributed by atoms with Crippen LogP contribution in [-0.2, 0) is 0 Å². The molecule has 0 saturated carbocycles. The Bertz CT molecular complexity index is 2530. The van der Waals surface area contributed by atoms with Crippen LogP contribution in [0.2, 0.25) is 0 Å². The van der Waals surface area contributed by atoms with Crippen molar-refractivity contribution in [2.24, 2.45) is 0 Å². The molecule has 0 saturated heterocycles. The lowest BCUT2D eigenvalue weighted by Crippen LogP contribution is -2.10. The van der Waals surface area contributed by atoms with Crippen LogP contribution in [0.5, 0.6) is 5.75 Å². The highest BCUT2D eigenvalue weighted by Gasteiger charge is 2.20. The van der Waals surface area contributed by atoms with Gasteiger partial charge in [-0.25, -0.2) is 0 Å². The summed E-state index contributed by atoms with van der Waals surface area (Å²) in [4.78, 5) is 2.26. The predicted molar refractivity (Wildman–Crippen MR) is 192 cm³/mol. The van der Waals surface area contributed by atoms with Crippen molar-refractivity contribution in [2.45, 2.75) is 0 Å². The van der Waals surface area contributed by atoms with E-state index in [1.807, 2.05) is 29.5 Å². The Morgan fingerprint density at radius 2 is 1.09 bits per heavy atom. The molecule has 2 nitrogen and oxygen atoms in total. The van der Waals surface area contributed by atoms with Crippen molar-refractivity contribution in [1.82, 2.24) is 0 Å². The average molecular weight is 600 g/mol. The van der Waals surface area contributed by atoms with E-state index < -0.39 is 0 Å². The largest absolute Gasteiger partial charge is 0.508 e. The smallest absolute Gasteiger partial charge is 0.118 e. The number of phenolic OH excluding ortho intramolecular Hbond substituents is 1. The highest BCUT2D eigenvalue weighted by Crippen LogP contribution is 2.48. The lowest BCUT2D eigenvalue weighted by atomic mass is 10.0. The molecule has 4 heteroatoms. The van der Waals surface area contributed by atoms with E-state index in [0.717, 1.165) is 32.5 Å². The van der Waals surface area contributed by atoms with Gasteiger partial charge in [0.1, 0.15) is 5.75 Å². The minimum atomic E-state index is 0.255. The Morgan fingerprint density at radius 1 is 0.432 bits per heavy atom. The number of hydrogen-bond acceptors (Lipinski definition) is 4. The van der Waals surface area contributed by atoms with Crippen molar-refractivity contribution in [3.63, 3.8) is 0 Å². The molecule has 2 heterocycles. The Kier molecular flexibility index (Phi) is 5.73. The first kappa shape index (κ1) is 25.3. The molecule has 0 aliphatic heterocycles. The van der Waals surface area contributed by atoms with Crippen molar-refractivity contribution in [1.29, 1.82) is 0 Å². The number of para-hydroxylation sites is 1.